The molecule has 1 aliphatic rings. The summed E-state index contributed by atoms with van der Waals surface area (Å²) in [5.74, 6) is -0.362. The fourth-order valence-corrected chi connectivity index (χ4v) is 4.24. The summed E-state index contributed by atoms with van der Waals surface area (Å²) in [7, 11) is 0. The molecule has 0 bridgehead atoms. The van der Waals surface area contributed by atoms with Crippen LogP contribution in [0.5, 0.6) is 0 Å². The summed E-state index contributed by atoms with van der Waals surface area (Å²) in [5, 5.41) is 0.399. The molecular weight excluding hydrogens is 423 g/mol. The van der Waals surface area contributed by atoms with Crippen molar-refractivity contribution in [2.45, 2.75) is 26.8 Å². The SMILES string of the molecule is C=CC(=O)N1CCN(c2nc(=O)n(-c3c(C)ccnc3C)c3nc(C)c(F)cc23)C(C=C)C1. The number of carbonyl (C=O) groups excluding carboxylic acids is 1. The van der Waals surface area contributed by atoms with Crippen molar-refractivity contribution in [1.29, 1.82) is 0 Å². The number of anilines is 1. The second-order valence-corrected chi connectivity index (χ2v) is 8.03. The Labute approximate surface area is 190 Å². The minimum atomic E-state index is -0.539. The van der Waals surface area contributed by atoms with Gasteiger partial charge < -0.3 is 9.80 Å². The lowest BCUT2D eigenvalue weighted by molar-refractivity contribution is -0.126. The van der Waals surface area contributed by atoms with E-state index in [2.05, 4.69) is 28.1 Å². The molecule has 1 aliphatic heterocycles. The van der Waals surface area contributed by atoms with E-state index in [1.54, 1.807) is 37.1 Å². The number of aryl methyl sites for hydroxylation is 3. The molecule has 1 unspecified atom stereocenters. The summed E-state index contributed by atoms with van der Waals surface area (Å²) in [6.07, 6.45) is 4.63. The molecule has 0 aliphatic carbocycles. The molecule has 0 radical (unpaired) electrons. The van der Waals surface area contributed by atoms with E-state index in [1.165, 1.54) is 16.7 Å². The van der Waals surface area contributed by atoms with Gasteiger partial charge in [-0.3, -0.25) is 9.78 Å². The summed E-state index contributed by atoms with van der Waals surface area (Å²) in [6.45, 7) is 13.8. The van der Waals surface area contributed by atoms with Gasteiger partial charge in [0, 0.05) is 25.8 Å². The Morgan fingerprint density at radius 1 is 1.18 bits per heavy atom. The van der Waals surface area contributed by atoms with Crippen LogP contribution in [0.25, 0.3) is 16.7 Å². The maximum absolute atomic E-state index is 14.7. The first-order valence-electron chi connectivity index (χ1n) is 10.6. The maximum atomic E-state index is 14.7. The molecule has 0 saturated carbocycles. The Balaban J connectivity index is 1.96. The van der Waals surface area contributed by atoms with Gasteiger partial charge in [0.1, 0.15) is 11.6 Å². The van der Waals surface area contributed by atoms with Gasteiger partial charge in [-0.2, -0.15) is 4.98 Å². The van der Waals surface area contributed by atoms with Crippen LogP contribution in [0.3, 0.4) is 0 Å². The topological polar surface area (TPSA) is 84.2 Å². The molecule has 1 atom stereocenters. The first kappa shape index (κ1) is 22.3. The van der Waals surface area contributed by atoms with Crippen LogP contribution in [0.4, 0.5) is 10.2 Å². The normalized spacial score (nSPS) is 16.2. The fraction of sp³-hybridized carbons (Fsp3) is 0.292. The number of hydrogen-bond acceptors (Lipinski definition) is 6. The van der Waals surface area contributed by atoms with Crippen LogP contribution < -0.4 is 10.6 Å². The van der Waals surface area contributed by atoms with Gasteiger partial charge >= 0.3 is 5.69 Å². The molecule has 1 amide bonds. The summed E-state index contributed by atoms with van der Waals surface area (Å²) in [4.78, 5) is 42.1. The second kappa shape index (κ2) is 8.57. The largest absolute Gasteiger partial charge is 0.355 e. The Kier molecular flexibility index (Phi) is 5.80. The van der Waals surface area contributed by atoms with E-state index in [1.807, 2.05) is 11.8 Å². The Morgan fingerprint density at radius 2 is 1.94 bits per heavy atom. The minimum absolute atomic E-state index is 0.175. The zero-order valence-corrected chi connectivity index (χ0v) is 18.9. The second-order valence-electron chi connectivity index (χ2n) is 8.03. The molecule has 3 aromatic heterocycles. The van der Waals surface area contributed by atoms with Crippen molar-refractivity contribution in [3.63, 3.8) is 0 Å². The molecule has 0 aromatic carbocycles. The molecule has 170 valence electrons. The Bertz CT molecular complexity index is 1330. The van der Waals surface area contributed by atoms with Crippen molar-refractivity contribution < 1.29 is 9.18 Å². The first-order chi connectivity index (χ1) is 15.8. The van der Waals surface area contributed by atoms with Crippen molar-refractivity contribution in [1.82, 2.24) is 24.4 Å². The summed E-state index contributed by atoms with van der Waals surface area (Å²) >= 11 is 0. The van der Waals surface area contributed by atoms with Gasteiger partial charge in [0.2, 0.25) is 5.91 Å². The molecule has 4 heterocycles. The highest BCUT2D eigenvalue weighted by atomic mass is 19.1. The van der Waals surface area contributed by atoms with Gasteiger partial charge in [-0.15, -0.1) is 6.58 Å². The third-order valence-corrected chi connectivity index (χ3v) is 5.96. The van der Waals surface area contributed by atoms with Crippen LogP contribution in [0.15, 0.2) is 48.4 Å². The number of pyridine rings is 2. The average Bonchev–Trinajstić information content (AvgIpc) is 2.80. The first-order valence-corrected chi connectivity index (χ1v) is 10.6. The lowest BCUT2D eigenvalue weighted by Gasteiger charge is -2.40. The predicted molar refractivity (Wildman–Crippen MR) is 125 cm³/mol. The number of halogens is 1. The van der Waals surface area contributed by atoms with Crippen molar-refractivity contribution in [2.24, 2.45) is 0 Å². The van der Waals surface area contributed by atoms with Crippen LogP contribution in [0.2, 0.25) is 0 Å². The average molecular weight is 449 g/mol. The minimum Gasteiger partial charge on any atom is -0.346 e. The lowest BCUT2D eigenvalue weighted by Crippen LogP contribution is -2.54. The molecular formula is C24H25FN6O2. The molecule has 4 rings (SSSR count). The van der Waals surface area contributed by atoms with Crippen molar-refractivity contribution in [2.75, 3.05) is 24.5 Å². The van der Waals surface area contributed by atoms with Gasteiger partial charge in [-0.25, -0.2) is 18.7 Å². The van der Waals surface area contributed by atoms with Crippen LogP contribution >= 0.6 is 0 Å². The van der Waals surface area contributed by atoms with Crippen molar-refractivity contribution in [3.8, 4) is 5.69 Å². The Hall–Kier alpha value is -3.88. The highest BCUT2D eigenvalue weighted by Gasteiger charge is 2.30. The third kappa shape index (κ3) is 3.79. The van der Waals surface area contributed by atoms with E-state index in [0.717, 1.165) is 5.56 Å². The summed E-state index contributed by atoms with van der Waals surface area (Å²) in [5.41, 5.74) is 1.97. The zero-order valence-electron chi connectivity index (χ0n) is 18.9. The van der Waals surface area contributed by atoms with E-state index >= 15 is 0 Å². The van der Waals surface area contributed by atoms with Crippen molar-refractivity contribution >= 4 is 22.8 Å². The van der Waals surface area contributed by atoms with E-state index in [0.29, 0.717) is 47.9 Å². The number of amides is 1. The Morgan fingerprint density at radius 3 is 2.61 bits per heavy atom. The number of fused-ring (bicyclic) bond motifs is 1. The molecule has 8 nitrogen and oxygen atoms in total. The molecule has 33 heavy (non-hydrogen) atoms. The number of nitrogens with zero attached hydrogens (tertiary/aromatic N) is 6. The van der Waals surface area contributed by atoms with Crippen LogP contribution in [0.1, 0.15) is 17.0 Å². The van der Waals surface area contributed by atoms with E-state index in [9.17, 15) is 14.0 Å². The van der Waals surface area contributed by atoms with Gasteiger partial charge in [-0.1, -0.05) is 12.7 Å². The molecule has 1 fully saturated rings. The van der Waals surface area contributed by atoms with Crippen LogP contribution in [0, 0.1) is 26.6 Å². The fourth-order valence-electron chi connectivity index (χ4n) is 4.24. The third-order valence-electron chi connectivity index (χ3n) is 5.96. The van der Waals surface area contributed by atoms with Gasteiger partial charge in [-0.05, 0) is 44.5 Å². The molecule has 3 aromatic rings. The predicted octanol–water partition coefficient (Wildman–Crippen LogP) is 2.63. The summed E-state index contributed by atoms with van der Waals surface area (Å²) < 4.78 is 16.1. The summed E-state index contributed by atoms with van der Waals surface area (Å²) in [6, 6.07) is 2.84. The number of hydrogen-bond donors (Lipinski definition) is 0. The highest BCUT2D eigenvalue weighted by molar-refractivity contribution is 5.90. The number of piperazine rings is 1. The van der Waals surface area contributed by atoms with Gasteiger partial charge in [0.25, 0.3) is 0 Å². The zero-order chi connectivity index (χ0) is 23.9. The maximum Gasteiger partial charge on any atom is 0.355 e. The van der Waals surface area contributed by atoms with E-state index in [4.69, 9.17) is 0 Å². The monoisotopic (exact) mass is 448 g/mol. The van der Waals surface area contributed by atoms with E-state index < -0.39 is 11.5 Å². The molecule has 0 N–H and O–H groups in total. The lowest BCUT2D eigenvalue weighted by atomic mass is 10.1. The van der Waals surface area contributed by atoms with Crippen molar-refractivity contribution in [3.05, 3.63) is 76.9 Å². The smallest absolute Gasteiger partial charge is 0.346 e. The van der Waals surface area contributed by atoms with Crippen LogP contribution in [-0.4, -0.2) is 56.0 Å². The number of rotatable bonds is 4. The quantitative estimate of drug-likeness (QED) is 0.451. The van der Waals surface area contributed by atoms with Gasteiger partial charge in [0.15, 0.2) is 5.65 Å². The molecule has 1 saturated heterocycles. The standard InChI is InChI=1S/C24H25FN6O2/c1-6-17-13-29(20(32)7-2)10-11-30(17)22-18-12-19(25)15(4)27-23(18)31(24(33)28-22)21-14(3)8-9-26-16(21)5/h6-9,12,17H,1-2,10-11,13H2,3-5H3. The van der Waals surface area contributed by atoms with Crippen LogP contribution in [-0.2, 0) is 4.79 Å². The number of aromatic nitrogens is 4. The highest BCUT2D eigenvalue weighted by Crippen LogP contribution is 2.29. The number of carbonyl (C=O) groups is 1. The molecule has 0 spiro atoms. The molecule has 9 heteroatoms. The van der Waals surface area contributed by atoms with E-state index in [-0.39, 0.29) is 17.6 Å². The van der Waals surface area contributed by atoms with Gasteiger partial charge in [0.05, 0.1) is 28.5 Å².